The Kier molecular flexibility index (Phi) is 4.93. The minimum absolute atomic E-state index is 0.00607. The molecule has 1 N–H and O–H groups in total. The highest BCUT2D eigenvalue weighted by Gasteiger charge is 2.53. The van der Waals surface area contributed by atoms with E-state index in [0.717, 1.165) is 25.1 Å². The van der Waals surface area contributed by atoms with Crippen molar-refractivity contribution in [3.63, 3.8) is 0 Å². The highest BCUT2D eigenvalue weighted by Crippen LogP contribution is 2.52. The molecule has 1 aliphatic heterocycles. The summed E-state index contributed by atoms with van der Waals surface area (Å²) in [6, 6.07) is 8.36. The van der Waals surface area contributed by atoms with E-state index in [1.165, 1.54) is 11.1 Å². The largest absolute Gasteiger partial charge is 0.390 e. The van der Waals surface area contributed by atoms with Crippen LogP contribution in [0.5, 0.6) is 0 Å². The molecule has 148 valence electrons. The predicted molar refractivity (Wildman–Crippen MR) is 107 cm³/mol. The Morgan fingerprint density at radius 2 is 1.86 bits per heavy atom. The average molecular weight is 380 g/mol. The van der Waals surface area contributed by atoms with Gasteiger partial charge in [-0.2, -0.15) is 0 Å². The number of hydrogen-bond acceptors (Lipinski definition) is 5. The Morgan fingerprint density at radius 1 is 1.21 bits per heavy atom. The highest BCUT2D eigenvalue weighted by atomic mass is 16.3. The molecule has 2 aliphatic rings. The van der Waals surface area contributed by atoms with E-state index in [4.69, 9.17) is 0 Å². The monoisotopic (exact) mass is 380 g/mol. The first-order valence-electron chi connectivity index (χ1n) is 10.0. The molecular formula is C22H28N4O2. The molecule has 0 radical (unpaired) electrons. The molecule has 0 unspecified atom stereocenters. The van der Waals surface area contributed by atoms with E-state index in [-0.39, 0.29) is 17.4 Å². The first kappa shape index (κ1) is 19.0. The lowest BCUT2D eigenvalue weighted by Gasteiger charge is -2.43. The van der Waals surface area contributed by atoms with Crippen LogP contribution in [0.25, 0.3) is 0 Å². The molecule has 0 bridgehead atoms. The van der Waals surface area contributed by atoms with Gasteiger partial charge in [-0.05, 0) is 38.1 Å². The van der Waals surface area contributed by atoms with Gasteiger partial charge in [0, 0.05) is 37.3 Å². The normalized spacial score (nSPS) is 23.2. The van der Waals surface area contributed by atoms with Crippen molar-refractivity contribution in [3.8, 4) is 0 Å². The number of likely N-dealkylation sites (N-methyl/N-ethyl adjacent to an activating group) is 1. The number of piperidine rings is 1. The molecule has 1 amide bonds. The SMILES string of the molecule is CCc1ncc(C(=O)N2CCC3(CC2)c2ccccc2[C@H](N(C)C)[C@H]3O)cn1. The molecule has 0 saturated carbocycles. The first-order valence-corrected chi connectivity index (χ1v) is 10.0. The van der Waals surface area contributed by atoms with Crippen LogP contribution in [-0.2, 0) is 11.8 Å². The molecule has 1 fully saturated rings. The number of rotatable bonds is 3. The van der Waals surface area contributed by atoms with Gasteiger partial charge in [0.05, 0.1) is 17.7 Å². The standard InChI is InChI=1S/C22H28N4O2/c1-4-18-23-13-15(14-24-18)21(28)26-11-9-22(10-12-26)17-8-6-5-7-16(17)19(20(22)27)25(2)3/h5-8,13-14,19-20,27H,4,9-12H2,1-3H3/t19-,20+/m0/s1. The number of likely N-dealkylation sites (tertiary alicyclic amines) is 1. The molecule has 1 aromatic carbocycles. The van der Waals surface area contributed by atoms with Crippen LogP contribution in [0.2, 0.25) is 0 Å². The zero-order valence-electron chi connectivity index (χ0n) is 16.8. The molecule has 1 aromatic heterocycles. The summed E-state index contributed by atoms with van der Waals surface area (Å²) < 4.78 is 0. The Balaban J connectivity index is 1.55. The number of aryl methyl sites for hydroxylation is 1. The maximum atomic E-state index is 12.9. The molecular weight excluding hydrogens is 352 g/mol. The first-order chi connectivity index (χ1) is 13.5. The van der Waals surface area contributed by atoms with Crippen molar-refractivity contribution >= 4 is 5.91 Å². The molecule has 28 heavy (non-hydrogen) atoms. The maximum Gasteiger partial charge on any atom is 0.256 e. The van der Waals surface area contributed by atoms with E-state index in [9.17, 15) is 9.90 Å². The number of nitrogens with zero attached hydrogens (tertiary/aromatic N) is 4. The van der Waals surface area contributed by atoms with Crippen molar-refractivity contribution in [1.82, 2.24) is 19.8 Å². The third kappa shape index (κ3) is 2.91. The van der Waals surface area contributed by atoms with Crippen molar-refractivity contribution < 1.29 is 9.90 Å². The smallest absolute Gasteiger partial charge is 0.256 e. The van der Waals surface area contributed by atoms with Crippen LogP contribution in [0, 0.1) is 0 Å². The fraction of sp³-hybridized carbons (Fsp3) is 0.500. The summed E-state index contributed by atoms with van der Waals surface area (Å²) in [5.41, 5.74) is 2.70. The number of aliphatic hydroxyl groups is 1. The lowest BCUT2D eigenvalue weighted by atomic mass is 9.72. The van der Waals surface area contributed by atoms with Crippen molar-refractivity contribution in [3.05, 3.63) is 59.2 Å². The van der Waals surface area contributed by atoms with E-state index in [0.29, 0.717) is 18.7 Å². The average Bonchev–Trinajstić information content (AvgIpc) is 2.96. The molecule has 1 saturated heterocycles. The maximum absolute atomic E-state index is 12.9. The number of hydrogen-bond donors (Lipinski definition) is 1. The number of carbonyl (C=O) groups excluding carboxylic acids is 1. The van der Waals surface area contributed by atoms with E-state index in [1.807, 2.05) is 32.0 Å². The summed E-state index contributed by atoms with van der Waals surface area (Å²) in [5, 5.41) is 11.3. The summed E-state index contributed by atoms with van der Waals surface area (Å²) in [5.74, 6) is 0.719. The second kappa shape index (κ2) is 7.26. The Labute approximate surface area is 166 Å². The van der Waals surface area contributed by atoms with Crippen molar-refractivity contribution in [2.45, 2.75) is 43.7 Å². The Morgan fingerprint density at radius 3 is 2.46 bits per heavy atom. The zero-order chi connectivity index (χ0) is 19.9. The van der Waals surface area contributed by atoms with Gasteiger partial charge in [-0.1, -0.05) is 31.2 Å². The highest BCUT2D eigenvalue weighted by molar-refractivity contribution is 5.93. The summed E-state index contributed by atoms with van der Waals surface area (Å²) in [6.07, 6.45) is 5.06. The van der Waals surface area contributed by atoms with E-state index in [1.54, 1.807) is 12.4 Å². The van der Waals surface area contributed by atoms with Crippen LogP contribution in [0.4, 0.5) is 0 Å². The second-order valence-electron chi connectivity index (χ2n) is 8.13. The van der Waals surface area contributed by atoms with Gasteiger partial charge in [0.1, 0.15) is 5.82 Å². The van der Waals surface area contributed by atoms with Gasteiger partial charge >= 0.3 is 0 Å². The predicted octanol–water partition coefficient (Wildman–Crippen LogP) is 2.19. The van der Waals surface area contributed by atoms with Gasteiger partial charge in [0.2, 0.25) is 0 Å². The lowest BCUT2D eigenvalue weighted by molar-refractivity contribution is -0.00146. The number of aliphatic hydroxyl groups excluding tert-OH is 1. The van der Waals surface area contributed by atoms with Crippen LogP contribution in [-0.4, -0.2) is 64.1 Å². The van der Waals surface area contributed by atoms with Crippen molar-refractivity contribution in [2.24, 2.45) is 0 Å². The number of fused-ring (bicyclic) bond motifs is 2. The summed E-state index contributed by atoms with van der Waals surface area (Å²) in [4.78, 5) is 25.3. The van der Waals surface area contributed by atoms with Gasteiger partial charge in [-0.3, -0.25) is 4.79 Å². The number of benzene rings is 1. The summed E-state index contributed by atoms with van der Waals surface area (Å²) >= 11 is 0. The molecule has 6 nitrogen and oxygen atoms in total. The molecule has 1 aliphatic carbocycles. The molecule has 2 atom stereocenters. The molecule has 1 spiro atoms. The van der Waals surface area contributed by atoms with Crippen LogP contribution in [0.3, 0.4) is 0 Å². The quantitative estimate of drug-likeness (QED) is 0.884. The Hall–Kier alpha value is -2.31. The summed E-state index contributed by atoms with van der Waals surface area (Å²) in [7, 11) is 4.03. The number of amides is 1. The molecule has 6 heteroatoms. The van der Waals surface area contributed by atoms with Crippen LogP contribution < -0.4 is 0 Å². The third-order valence-corrected chi connectivity index (χ3v) is 6.45. The van der Waals surface area contributed by atoms with Crippen LogP contribution in [0.15, 0.2) is 36.7 Å². The molecule has 2 aromatic rings. The third-order valence-electron chi connectivity index (χ3n) is 6.45. The van der Waals surface area contributed by atoms with Gasteiger partial charge in [-0.15, -0.1) is 0 Å². The fourth-order valence-corrected chi connectivity index (χ4v) is 4.90. The topological polar surface area (TPSA) is 69.6 Å². The molecule has 4 rings (SSSR count). The van der Waals surface area contributed by atoms with E-state index in [2.05, 4.69) is 33.1 Å². The van der Waals surface area contributed by atoms with Gasteiger partial charge < -0.3 is 14.9 Å². The second-order valence-corrected chi connectivity index (χ2v) is 8.13. The van der Waals surface area contributed by atoms with E-state index >= 15 is 0 Å². The fourth-order valence-electron chi connectivity index (χ4n) is 4.90. The van der Waals surface area contributed by atoms with E-state index < -0.39 is 6.10 Å². The van der Waals surface area contributed by atoms with Crippen LogP contribution >= 0.6 is 0 Å². The van der Waals surface area contributed by atoms with Gasteiger partial charge in [0.15, 0.2) is 0 Å². The number of carbonyl (C=O) groups is 1. The van der Waals surface area contributed by atoms with Crippen molar-refractivity contribution in [2.75, 3.05) is 27.2 Å². The van der Waals surface area contributed by atoms with Gasteiger partial charge in [0.25, 0.3) is 5.91 Å². The van der Waals surface area contributed by atoms with Crippen LogP contribution in [0.1, 0.15) is 53.1 Å². The summed E-state index contributed by atoms with van der Waals surface area (Å²) in [6.45, 7) is 3.24. The minimum atomic E-state index is -0.468. The zero-order valence-corrected chi connectivity index (χ0v) is 16.8. The lowest BCUT2D eigenvalue weighted by Crippen LogP contribution is -2.50. The van der Waals surface area contributed by atoms with Crippen molar-refractivity contribution in [1.29, 1.82) is 0 Å². The van der Waals surface area contributed by atoms with Gasteiger partial charge in [-0.25, -0.2) is 9.97 Å². The minimum Gasteiger partial charge on any atom is -0.390 e. The molecule has 2 heterocycles. The number of aromatic nitrogens is 2. The Bertz CT molecular complexity index is 857.